The summed E-state index contributed by atoms with van der Waals surface area (Å²) in [5.41, 5.74) is -4.22. The second-order valence-corrected chi connectivity index (χ2v) is 5.78. The standard InChI is InChI=1S/C12H20N.CHF3O3S/c1-3-5-6-9-13-10-7-12(4-2)8-11-13;2-1(3,4)8(5,6)7/h7-8,10-11H,3-6,9H2,1-2H3;(H,5,6,7)/q+1;/p-1. The minimum absolute atomic E-state index is 1.13. The van der Waals surface area contributed by atoms with Crippen molar-refractivity contribution >= 4 is 10.1 Å². The lowest BCUT2D eigenvalue weighted by molar-refractivity contribution is -0.697. The van der Waals surface area contributed by atoms with Crippen LogP contribution < -0.4 is 4.57 Å². The molecule has 0 unspecified atom stereocenters. The summed E-state index contributed by atoms with van der Waals surface area (Å²) in [5, 5.41) is 0. The number of halogens is 3. The van der Waals surface area contributed by atoms with Gasteiger partial charge in [-0.3, -0.25) is 0 Å². The molecular formula is C13H20F3NO3S. The molecule has 1 heterocycles. The molecule has 0 saturated carbocycles. The molecule has 0 aromatic carbocycles. The van der Waals surface area contributed by atoms with Gasteiger partial charge >= 0.3 is 5.51 Å². The van der Waals surface area contributed by atoms with Gasteiger partial charge in [0.05, 0.1) is 0 Å². The van der Waals surface area contributed by atoms with Crippen LogP contribution in [0.2, 0.25) is 0 Å². The first-order valence-corrected chi connectivity index (χ1v) is 8.02. The van der Waals surface area contributed by atoms with Gasteiger partial charge in [0.15, 0.2) is 22.5 Å². The Morgan fingerprint density at radius 2 is 1.62 bits per heavy atom. The van der Waals surface area contributed by atoms with Crippen LogP contribution in [0.1, 0.15) is 38.7 Å². The summed E-state index contributed by atoms with van der Waals surface area (Å²) in [7, 11) is -6.09. The molecule has 4 nitrogen and oxygen atoms in total. The van der Waals surface area contributed by atoms with Crippen molar-refractivity contribution in [3.8, 4) is 0 Å². The van der Waals surface area contributed by atoms with Crippen LogP contribution >= 0.6 is 0 Å². The normalized spacial score (nSPS) is 11.7. The highest BCUT2D eigenvalue weighted by atomic mass is 32.2. The lowest BCUT2D eigenvalue weighted by Crippen LogP contribution is -2.32. The number of alkyl halides is 3. The zero-order valence-corrected chi connectivity index (χ0v) is 12.9. The molecular weight excluding hydrogens is 307 g/mol. The zero-order valence-electron chi connectivity index (χ0n) is 12.1. The number of pyridine rings is 1. The third-order valence-electron chi connectivity index (χ3n) is 2.67. The Kier molecular flexibility index (Phi) is 8.50. The highest BCUT2D eigenvalue weighted by Crippen LogP contribution is 2.20. The van der Waals surface area contributed by atoms with Crippen molar-refractivity contribution < 1.29 is 30.7 Å². The molecule has 8 heteroatoms. The first kappa shape index (κ1) is 19.9. The number of aromatic nitrogens is 1. The molecule has 0 atom stereocenters. The monoisotopic (exact) mass is 327 g/mol. The average molecular weight is 327 g/mol. The van der Waals surface area contributed by atoms with E-state index in [1.807, 2.05) is 0 Å². The minimum atomic E-state index is -6.09. The lowest BCUT2D eigenvalue weighted by atomic mass is 10.2. The van der Waals surface area contributed by atoms with Crippen molar-refractivity contribution in [1.82, 2.24) is 0 Å². The molecule has 122 valence electrons. The fourth-order valence-electron chi connectivity index (χ4n) is 1.42. The maximum atomic E-state index is 10.7. The predicted molar refractivity (Wildman–Crippen MR) is 71.3 cm³/mol. The highest BCUT2D eigenvalue weighted by Gasteiger charge is 2.36. The molecule has 0 bridgehead atoms. The van der Waals surface area contributed by atoms with Gasteiger partial charge in [-0.2, -0.15) is 13.2 Å². The van der Waals surface area contributed by atoms with Gasteiger partial charge in [-0.25, -0.2) is 13.0 Å². The third-order valence-corrected chi connectivity index (χ3v) is 3.24. The van der Waals surface area contributed by atoms with Crippen molar-refractivity contribution in [2.24, 2.45) is 0 Å². The van der Waals surface area contributed by atoms with E-state index in [0.717, 1.165) is 13.0 Å². The number of unbranched alkanes of at least 4 members (excludes halogenated alkanes) is 2. The van der Waals surface area contributed by atoms with Crippen molar-refractivity contribution in [3.63, 3.8) is 0 Å². The molecule has 0 fully saturated rings. The Labute approximate surface area is 123 Å². The first-order chi connectivity index (χ1) is 9.61. The molecule has 0 radical (unpaired) electrons. The van der Waals surface area contributed by atoms with Crippen LogP contribution in [0.3, 0.4) is 0 Å². The summed E-state index contributed by atoms with van der Waals surface area (Å²) < 4.78 is 61.2. The largest absolute Gasteiger partial charge is 0.741 e. The van der Waals surface area contributed by atoms with Gasteiger partial charge in [0.2, 0.25) is 0 Å². The van der Waals surface area contributed by atoms with Gasteiger partial charge < -0.3 is 4.55 Å². The molecule has 0 aliphatic carbocycles. The van der Waals surface area contributed by atoms with E-state index < -0.39 is 15.6 Å². The third kappa shape index (κ3) is 8.67. The van der Waals surface area contributed by atoms with Crippen molar-refractivity contribution in [1.29, 1.82) is 0 Å². The Balaban J connectivity index is 0.000000433. The molecule has 1 aromatic rings. The minimum Gasteiger partial charge on any atom is -0.741 e. The second kappa shape index (κ2) is 8.99. The molecule has 1 aromatic heterocycles. The summed E-state index contributed by atoms with van der Waals surface area (Å²) in [6.07, 6.45) is 9.45. The molecule has 0 amide bonds. The van der Waals surface area contributed by atoms with E-state index in [-0.39, 0.29) is 0 Å². The molecule has 0 aliphatic rings. The predicted octanol–water partition coefficient (Wildman–Crippen LogP) is 2.78. The topological polar surface area (TPSA) is 61.1 Å². The van der Waals surface area contributed by atoms with Gasteiger partial charge in [-0.15, -0.1) is 0 Å². The molecule has 21 heavy (non-hydrogen) atoms. The quantitative estimate of drug-likeness (QED) is 0.362. The Morgan fingerprint density at radius 1 is 1.14 bits per heavy atom. The summed E-state index contributed by atoms with van der Waals surface area (Å²) >= 11 is 0. The summed E-state index contributed by atoms with van der Waals surface area (Å²) in [6, 6.07) is 4.43. The number of rotatable bonds is 5. The fourth-order valence-corrected chi connectivity index (χ4v) is 1.42. The van der Waals surface area contributed by atoms with Gasteiger partial charge in [-0.1, -0.05) is 20.3 Å². The fraction of sp³-hybridized carbons (Fsp3) is 0.615. The second-order valence-electron chi connectivity index (χ2n) is 4.40. The number of hydrogen-bond donors (Lipinski definition) is 0. The van der Waals surface area contributed by atoms with Crippen molar-refractivity contribution in [2.75, 3.05) is 0 Å². The molecule has 0 aliphatic heterocycles. The average Bonchev–Trinajstić information content (AvgIpc) is 2.38. The van der Waals surface area contributed by atoms with Gasteiger partial charge in [0, 0.05) is 18.6 Å². The van der Waals surface area contributed by atoms with Crippen molar-refractivity contribution in [2.45, 2.75) is 51.6 Å². The Morgan fingerprint density at radius 3 is 1.95 bits per heavy atom. The van der Waals surface area contributed by atoms with Gasteiger partial charge in [0.25, 0.3) is 0 Å². The SMILES string of the molecule is CCCCC[n+]1ccc(CC)cc1.O=S(=O)([O-])C(F)(F)F. The van der Waals surface area contributed by atoms with E-state index in [4.69, 9.17) is 13.0 Å². The number of hydrogen-bond acceptors (Lipinski definition) is 3. The molecule has 0 saturated heterocycles. The maximum absolute atomic E-state index is 10.7. The first-order valence-electron chi connectivity index (χ1n) is 6.62. The van der Waals surface area contributed by atoms with E-state index in [9.17, 15) is 13.2 Å². The van der Waals surface area contributed by atoms with E-state index in [0.29, 0.717) is 0 Å². The molecule has 1 rings (SSSR count). The smallest absolute Gasteiger partial charge is 0.485 e. The summed E-state index contributed by atoms with van der Waals surface area (Å²) in [4.78, 5) is 0. The van der Waals surface area contributed by atoms with Crippen LogP contribution in [0, 0.1) is 0 Å². The highest BCUT2D eigenvalue weighted by molar-refractivity contribution is 7.86. The maximum Gasteiger partial charge on any atom is 0.485 e. The Bertz CT molecular complexity index is 498. The summed E-state index contributed by atoms with van der Waals surface area (Å²) in [5.74, 6) is 0. The summed E-state index contributed by atoms with van der Waals surface area (Å²) in [6.45, 7) is 5.60. The van der Waals surface area contributed by atoms with E-state index in [1.54, 1.807) is 0 Å². The van der Waals surface area contributed by atoms with Crippen LogP contribution in [-0.4, -0.2) is 18.5 Å². The van der Waals surface area contributed by atoms with Crippen LogP contribution in [0.25, 0.3) is 0 Å². The zero-order chi connectivity index (χ0) is 16.5. The number of nitrogens with zero attached hydrogens (tertiary/aromatic N) is 1. The van der Waals surface area contributed by atoms with E-state index in [2.05, 4.69) is 42.9 Å². The Hall–Kier alpha value is -1.15. The van der Waals surface area contributed by atoms with Crippen LogP contribution in [-0.2, 0) is 23.1 Å². The van der Waals surface area contributed by atoms with Crippen LogP contribution in [0.15, 0.2) is 24.5 Å². The van der Waals surface area contributed by atoms with Crippen LogP contribution in [0.4, 0.5) is 13.2 Å². The molecule has 0 N–H and O–H groups in total. The van der Waals surface area contributed by atoms with E-state index in [1.165, 1.54) is 24.8 Å². The van der Waals surface area contributed by atoms with Gasteiger partial charge in [-0.05, 0) is 18.4 Å². The van der Waals surface area contributed by atoms with Gasteiger partial charge in [0.1, 0.15) is 6.54 Å². The van der Waals surface area contributed by atoms with Crippen LogP contribution in [0.5, 0.6) is 0 Å². The molecule has 0 spiro atoms. The number of aryl methyl sites for hydroxylation is 2. The van der Waals surface area contributed by atoms with Crippen molar-refractivity contribution in [3.05, 3.63) is 30.1 Å². The van der Waals surface area contributed by atoms with E-state index >= 15 is 0 Å². The lowest BCUT2D eigenvalue weighted by Gasteiger charge is -2.08.